The Balaban J connectivity index is 1.86. The lowest BCUT2D eigenvalue weighted by Crippen LogP contribution is -2.56. The van der Waals surface area contributed by atoms with Crippen molar-refractivity contribution in [1.29, 1.82) is 0 Å². The highest BCUT2D eigenvalue weighted by Crippen LogP contribution is 2.26. The van der Waals surface area contributed by atoms with Gasteiger partial charge in [0, 0.05) is 18.6 Å². The van der Waals surface area contributed by atoms with Crippen molar-refractivity contribution in [2.24, 2.45) is 0 Å². The van der Waals surface area contributed by atoms with Crippen LogP contribution in [0.2, 0.25) is 0 Å². The first kappa shape index (κ1) is 14.6. The average molecular weight is 283 g/mol. The summed E-state index contributed by atoms with van der Waals surface area (Å²) in [5, 5.41) is 2.63. The normalized spacial score (nSPS) is 30.7. The van der Waals surface area contributed by atoms with Gasteiger partial charge in [0.25, 0.3) is 0 Å². The summed E-state index contributed by atoms with van der Waals surface area (Å²) in [7, 11) is 0. The molecule has 4 unspecified atom stereocenters. The van der Waals surface area contributed by atoms with Crippen LogP contribution in [0, 0.1) is 0 Å². The number of hydrogen-bond acceptors (Lipinski definition) is 2. The highest BCUT2D eigenvalue weighted by molar-refractivity contribution is 5.82. The van der Waals surface area contributed by atoms with Crippen LogP contribution in [0.15, 0.2) is 42.5 Å². The van der Waals surface area contributed by atoms with Gasteiger partial charge >= 0.3 is 0 Å². The van der Waals surface area contributed by atoms with Gasteiger partial charge in [-0.15, -0.1) is 0 Å². The zero-order valence-electron chi connectivity index (χ0n) is 13.4. The van der Waals surface area contributed by atoms with Gasteiger partial charge in [-0.1, -0.05) is 36.4 Å². The molecular formula is C19H25NO. The summed E-state index contributed by atoms with van der Waals surface area (Å²) < 4.78 is 6.01. The molecule has 4 atom stereocenters. The second-order valence-corrected chi connectivity index (χ2v) is 6.38. The zero-order valence-corrected chi connectivity index (χ0v) is 13.4. The molecule has 3 rings (SSSR count). The van der Waals surface area contributed by atoms with Crippen molar-refractivity contribution in [3.05, 3.63) is 48.0 Å². The van der Waals surface area contributed by atoms with E-state index in [9.17, 15) is 0 Å². The minimum Gasteiger partial charge on any atom is -0.372 e. The minimum atomic E-state index is 0.289. The molecule has 1 heterocycles. The molecule has 0 radical (unpaired) electrons. The van der Waals surface area contributed by atoms with Crippen molar-refractivity contribution in [2.75, 3.05) is 0 Å². The Morgan fingerprint density at radius 2 is 1.48 bits per heavy atom. The van der Waals surface area contributed by atoms with E-state index in [4.69, 9.17) is 4.74 Å². The maximum Gasteiger partial charge on any atom is 0.0704 e. The summed E-state index contributed by atoms with van der Waals surface area (Å²) >= 11 is 0. The maximum atomic E-state index is 6.01. The Morgan fingerprint density at radius 1 is 0.857 bits per heavy atom. The molecule has 21 heavy (non-hydrogen) atoms. The lowest BCUT2D eigenvalue weighted by Gasteiger charge is -2.46. The van der Waals surface area contributed by atoms with Crippen molar-refractivity contribution in [3.8, 4) is 0 Å². The van der Waals surface area contributed by atoms with Gasteiger partial charge in [-0.2, -0.15) is 0 Å². The SMILES string of the molecule is CC1OC(C)C(C)N(Cc2ccc3ccccc3c2)C1C. The average Bonchev–Trinajstić information content (AvgIpc) is 2.49. The fourth-order valence-electron chi connectivity index (χ4n) is 3.31. The topological polar surface area (TPSA) is 12.5 Å². The lowest BCUT2D eigenvalue weighted by atomic mass is 10.00. The van der Waals surface area contributed by atoms with Crippen LogP contribution in [0.25, 0.3) is 10.8 Å². The molecular weight excluding hydrogens is 258 g/mol. The van der Waals surface area contributed by atoms with Crippen molar-refractivity contribution in [1.82, 2.24) is 4.90 Å². The van der Waals surface area contributed by atoms with E-state index in [0.29, 0.717) is 12.1 Å². The van der Waals surface area contributed by atoms with Crippen LogP contribution < -0.4 is 0 Å². The Labute approximate surface area is 127 Å². The number of fused-ring (bicyclic) bond motifs is 1. The van der Waals surface area contributed by atoms with Gasteiger partial charge in [-0.05, 0) is 50.1 Å². The smallest absolute Gasteiger partial charge is 0.0704 e. The van der Waals surface area contributed by atoms with Crippen molar-refractivity contribution < 1.29 is 4.74 Å². The molecule has 2 aromatic rings. The molecule has 112 valence electrons. The third-order valence-electron chi connectivity index (χ3n) is 5.01. The molecule has 0 spiro atoms. The molecule has 0 bridgehead atoms. The summed E-state index contributed by atoms with van der Waals surface area (Å²) in [4.78, 5) is 2.57. The van der Waals surface area contributed by atoms with Crippen LogP contribution in [-0.4, -0.2) is 29.2 Å². The fraction of sp³-hybridized carbons (Fsp3) is 0.474. The van der Waals surface area contributed by atoms with E-state index in [2.05, 4.69) is 75.1 Å². The maximum absolute atomic E-state index is 6.01. The van der Waals surface area contributed by atoms with Crippen molar-refractivity contribution in [3.63, 3.8) is 0 Å². The molecule has 0 N–H and O–H groups in total. The highest BCUT2D eigenvalue weighted by atomic mass is 16.5. The van der Waals surface area contributed by atoms with Crippen LogP contribution in [0.4, 0.5) is 0 Å². The van der Waals surface area contributed by atoms with Crippen LogP contribution in [0.5, 0.6) is 0 Å². The minimum absolute atomic E-state index is 0.289. The molecule has 1 aliphatic rings. The number of hydrogen-bond donors (Lipinski definition) is 0. The molecule has 2 heteroatoms. The molecule has 1 saturated heterocycles. The quantitative estimate of drug-likeness (QED) is 0.818. The van der Waals surface area contributed by atoms with Gasteiger partial charge in [0.15, 0.2) is 0 Å². The van der Waals surface area contributed by atoms with E-state index in [1.165, 1.54) is 16.3 Å². The second kappa shape index (κ2) is 5.78. The molecule has 0 amide bonds. The van der Waals surface area contributed by atoms with E-state index in [-0.39, 0.29) is 12.2 Å². The fourth-order valence-corrected chi connectivity index (χ4v) is 3.31. The molecule has 0 aromatic heterocycles. The van der Waals surface area contributed by atoms with E-state index >= 15 is 0 Å². The Kier molecular flexibility index (Phi) is 4.01. The van der Waals surface area contributed by atoms with Gasteiger partial charge in [0.1, 0.15) is 0 Å². The van der Waals surface area contributed by atoms with Crippen LogP contribution >= 0.6 is 0 Å². The first-order valence-electron chi connectivity index (χ1n) is 7.95. The summed E-state index contributed by atoms with van der Waals surface area (Å²) in [6.45, 7) is 9.90. The monoisotopic (exact) mass is 283 g/mol. The number of morpholine rings is 1. The Hall–Kier alpha value is -1.38. The zero-order chi connectivity index (χ0) is 15.0. The number of nitrogens with zero attached hydrogens (tertiary/aromatic N) is 1. The first-order valence-corrected chi connectivity index (χ1v) is 7.95. The summed E-state index contributed by atoms with van der Waals surface area (Å²) in [6.07, 6.45) is 0.577. The summed E-state index contributed by atoms with van der Waals surface area (Å²) in [6, 6.07) is 16.3. The molecule has 1 aliphatic heterocycles. The van der Waals surface area contributed by atoms with E-state index in [0.717, 1.165) is 6.54 Å². The molecule has 2 aromatic carbocycles. The lowest BCUT2D eigenvalue weighted by molar-refractivity contribution is -0.132. The largest absolute Gasteiger partial charge is 0.372 e. The Bertz CT molecular complexity index is 610. The molecule has 1 fully saturated rings. The first-order chi connectivity index (χ1) is 10.1. The third kappa shape index (κ3) is 2.83. The Morgan fingerprint density at radius 3 is 2.14 bits per heavy atom. The van der Waals surface area contributed by atoms with Crippen molar-refractivity contribution >= 4 is 10.8 Å². The van der Waals surface area contributed by atoms with Gasteiger partial charge in [0.05, 0.1) is 12.2 Å². The standard InChI is InChI=1S/C19H25NO/c1-13-15(3)21-16(4)14(2)20(13)12-17-9-10-18-7-5-6-8-19(18)11-17/h5-11,13-16H,12H2,1-4H3. The number of rotatable bonds is 2. The van der Waals surface area contributed by atoms with Crippen LogP contribution in [-0.2, 0) is 11.3 Å². The summed E-state index contributed by atoms with van der Waals surface area (Å²) in [5.74, 6) is 0. The third-order valence-corrected chi connectivity index (χ3v) is 5.01. The van der Waals surface area contributed by atoms with Crippen LogP contribution in [0.3, 0.4) is 0 Å². The highest BCUT2D eigenvalue weighted by Gasteiger charge is 2.34. The summed E-state index contributed by atoms with van der Waals surface area (Å²) in [5.41, 5.74) is 1.38. The van der Waals surface area contributed by atoms with Gasteiger partial charge in [-0.25, -0.2) is 0 Å². The second-order valence-electron chi connectivity index (χ2n) is 6.38. The molecule has 0 saturated carbocycles. The van der Waals surface area contributed by atoms with E-state index < -0.39 is 0 Å². The van der Waals surface area contributed by atoms with Crippen molar-refractivity contribution in [2.45, 2.75) is 58.5 Å². The molecule has 0 aliphatic carbocycles. The number of benzene rings is 2. The van der Waals surface area contributed by atoms with Gasteiger partial charge in [0.2, 0.25) is 0 Å². The van der Waals surface area contributed by atoms with Crippen LogP contribution in [0.1, 0.15) is 33.3 Å². The van der Waals surface area contributed by atoms with E-state index in [1.807, 2.05) is 0 Å². The predicted molar refractivity (Wildman–Crippen MR) is 88.4 cm³/mol. The van der Waals surface area contributed by atoms with E-state index in [1.54, 1.807) is 0 Å². The number of ether oxygens (including phenoxy) is 1. The van der Waals surface area contributed by atoms with Gasteiger partial charge < -0.3 is 4.74 Å². The van der Waals surface area contributed by atoms with Gasteiger partial charge in [-0.3, -0.25) is 4.90 Å². The molecule has 2 nitrogen and oxygen atoms in total. The predicted octanol–water partition coefficient (Wildman–Crippen LogP) is 4.23.